The molecule has 0 saturated carbocycles. The monoisotopic (exact) mass is 412 g/mol. The molecule has 1 atom stereocenters. The van der Waals surface area contributed by atoms with Gasteiger partial charge in [0.05, 0.1) is 27.7 Å². The van der Waals surface area contributed by atoms with Gasteiger partial charge in [-0.2, -0.15) is 8.78 Å². The minimum Gasteiger partial charge on any atom is -0.497 e. The van der Waals surface area contributed by atoms with Crippen molar-refractivity contribution in [2.24, 2.45) is 0 Å². The number of alkyl halides is 2. The normalized spacial score (nSPS) is 12.1. The van der Waals surface area contributed by atoms with Gasteiger partial charge in [0.1, 0.15) is 11.8 Å². The van der Waals surface area contributed by atoms with E-state index in [1.165, 1.54) is 10.5 Å². The van der Waals surface area contributed by atoms with Crippen molar-refractivity contribution in [2.45, 2.75) is 16.7 Å². The van der Waals surface area contributed by atoms with E-state index in [2.05, 4.69) is 24.7 Å². The van der Waals surface area contributed by atoms with Gasteiger partial charge in [-0.15, -0.1) is 0 Å². The smallest absolute Gasteiger partial charge is 0.288 e. The summed E-state index contributed by atoms with van der Waals surface area (Å²) >= 11 is 5.88. The second-order valence-corrected chi connectivity index (χ2v) is 7.61. The van der Waals surface area contributed by atoms with E-state index in [0.29, 0.717) is 28.3 Å². The number of likely N-dealkylation sites (N-methyl/N-ethyl adjacent to an activating group) is 1. The van der Waals surface area contributed by atoms with Gasteiger partial charge in [0, 0.05) is 16.1 Å². The first kappa shape index (κ1) is 21.4. The maximum absolute atomic E-state index is 12.4. The summed E-state index contributed by atoms with van der Waals surface area (Å²) in [6.07, 6.45) is 0. The van der Waals surface area contributed by atoms with Gasteiger partial charge in [-0.05, 0) is 60.7 Å². The molecule has 3 N–H and O–H groups in total. The molecule has 0 bridgehead atoms. The lowest BCUT2D eigenvalue weighted by Crippen LogP contribution is -3.07. The van der Waals surface area contributed by atoms with Crippen molar-refractivity contribution in [2.75, 3.05) is 33.1 Å². The van der Waals surface area contributed by atoms with Crippen molar-refractivity contribution >= 4 is 34.8 Å². The van der Waals surface area contributed by atoms with Gasteiger partial charge < -0.3 is 20.3 Å². The van der Waals surface area contributed by atoms with Crippen LogP contribution in [0.2, 0.25) is 0 Å². The van der Waals surface area contributed by atoms with Gasteiger partial charge >= 0.3 is 0 Å². The van der Waals surface area contributed by atoms with Crippen LogP contribution in [-0.4, -0.2) is 38.6 Å². The van der Waals surface area contributed by atoms with Crippen molar-refractivity contribution in [3.05, 3.63) is 54.1 Å². The van der Waals surface area contributed by atoms with Crippen LogP contribution >= 0.6 is 24.0 Å². The molecule has 2 aromatic rings. The third kappa shape index (κ3) is 6.97. The molecule has 0 amide bonds. The zero-order valence-electron chi connectivity index (χ0n) is 15.5. The van der Waals surface area contributed by atoms with Crippen molar-refractivity contribution < 1.29 is 18.4 Å². The van der Waals surface area contributed by atoms with Crippen LogP contribution in [0, 0.1) is 0 Å². The number of benzene rings is 2. The molecule has 0 aliphatic rings. The van der Waals surface area contributed by atoms with Crippen molar-refractivity contribution in [1.82, 2.24) is 5.32 Å². The average Bonchev–Trinajstić information content (AvgIpc) is 2.63. The lowest BCUT2D eigenvalue weighted by Gasteiger charge is -2.23. The summed E-state index contributed by atoms with van der Waals surface area (Å²) in [4.78, 5) is 1.79. The number of hydrogen-bond acceptors (Lipinski definition) is 3. The van der Waals surface area contributed by atoms with Gasteiger partial charge in [0.15, 0.2) is 5.11 Å². The number of rotatable bonds is 8. The highest BCUT2D eigenvalue weighted by Crippen LogP contribution is 2.26. The highest BCUT2D eigenvalue weighted by Gasteiger charge is 2.18. The van der Waals surface area contributed by atoms with Crippen LogP contribution in [0.5, 0.6) is 5.75 Å². The SMILES string of the molecule is COc1ccc([C@H](CNC(=S)Nc2ccc(SC(F)F)cc2)[NH+](C)C)cc1. The molecule has 2 aromatic carbocycles. The number of anilines is 1. The van der Waals surface area contributed by atoms with Crippen molar-refractivity contribution in [1.29, 1.82) is 0 Å². The zero-order valence-corrected chi connectivity index (χ0v) is 17.1. The fourth-order valence-electron chi connectivity index (χ4n) is 2.58. The predicted molar refractivity (Wildman–Crippen MR) is 111 cm³/mol. The van der Waals surface area contributed by atoms with Gasteiger partial charge in [0.2, 0.25) is 0 Å². The van der Waals surface area contributed by atoms with Gasteiger partial charge in [0.25, 0.3) is 5.76 Å². The number of methoxy groups -OCH3 is 1. The molecule has 27 heavy (non-hydrogen) atoms. The maximum Gasteiger partial charge on any atom is 0.288 e. The minimum atomic E-state index is -2.42. The van der Waals surface area contributed by atoms with E-state index in [0.717, 1.165) is 11.4 Å². The van der Waals surface area contributed by atoms with Crippen LogP contribution in [0.4, 0.5) is 14.5 Å². The zero-order chi connectivity index (χ0) is 19.8. The van der Waals surface area contributed by atoms with Crippen LogP contribution in [0.1, 0.15) is 11.6 Å². The molecule has 0 heterocycles. The Morgan fingerprint density at radius 3 is 2.26 bits per heavy atom. The Labute approximate surface area is 168 Å². The summed E-state index contributed by atoms with van der Waals surface area (Å²) in [6.45, 7) is 0.653. The van der Waals surface area contributed by atoms with Crippen molar-refractivity contribution in [3.8, 4) is 5.75 Å². The molecule has 4 nitrogen and oxygen atoms in total. The van der Waals surface area contributed by atoms with Crippen LogP contribution in [0.25, 0.3) is 0 Å². The molecule has 146 valence electrons. The van der Waals surface area contributed by atoms with Crippen molar-refractivity contribution in [3.63, 3.8) is 0 Å². The molecule has 8 heteroatoms. The lowest BCUT2D eigenvalue weighted by atomic mass is 10.1. The summed E-state index contributed by atoms with van der Waals surface area (Å²) in [7, 11) is 5.83. The number of nitrogens with one attached hydrogen (secondary N) is 3. The number of quaternary nitrogens is 1. The van der Waals surface area contributed by atoms with E-state index < -0.39 is 5.76 Å². The molecule has 0 aliphatic carbocycles. The highest BCUT2D eigenvalue weighted by molar-refractivity contribution is 7.99. The number of thioether (sulfide) groups is 1. The Morgan fingerprint density at radius 1 is 1.11 bits per heavy atom. The van der Waals surface area contributed by atoms with E-state index >= 15 is 0 Å². The third-order valence-corrected chi connectivity index (χ3v) is 4.99. The number of thiocarbonyl (C=S) groups is 1. The molecule has 0 aliphatic heterocycles. The standard InChI is InChI=1S/C19H23F2N3OS2/c1-24(2)17(13-4-8-15(25-3)9-5-13)12-22-19(26)23-14-6-10-16(11-7-14)27-18(20)21/h4-11,17-18H,12H2,1-3H3,(H2,22,23,26)/p+1/t17-/m0/s1. The number of halogens is 2. The van der Waals surface area contributed by atoms with E-state index in [4.69, 9.17) is 17.0 Å². The quantitative estimate of drug-likeness (QED) is 0.459. The molecular weight excluding hydrogens is 388 g/mol. The first-order valence-electron chi connectivity index (χ1n) is 8.42. The number of hydrogen-bond donors (Lipinski definition) is 3. The summed E-state index contributed by atoms with van der Waals surface area (Å²) < 4.78 is 29.9. The lowest BCUT2D eigenvalue weighted by molar-refractivity contribution is -0.890. The Hall–Kier alpha value is -1.90. The van der Waals surface area contributed by atoms with Gasteiger partial charge in [-0.1, -0.05) is 11.8 Å². The maximum atomic E-state index is 12.4. The fourth-order valence-corrected chi connectivity index (χ4v) is 3.28. The van der Waals surface area contributed by atoms with Crippen LogP contribution in [-0.2, 0) is 0 Å². The fraction of sp³-hybridized carbons (Fsp3) is 0.316. The van der Waals surface area contributed by atoms with Crippen LogP contribution < -0.4 is 20.3 Å². The first-order chi connectivity index (χ1) is 12.9. The molecule has 0 radical (unpaired) electrons. The molecule has 2 rings (SSSR count). The molecule has 0 unspecified atom stereocenters. The Morgan fingerprint density at radius 2 is 1.74 bits per heavy atom. The Bertz CT molecular complexity index is 725. The van der Waals surface area contributed by atoms with Crippen LogP contribution in [0.15, 0.2) is 53.4 Å². The third-order valence-electron chi connectivity index (χ3n) is 4.02. The average molecular weight is 413 g/mol. The topological polar surface area (TPSA) is 37.7 Å². The molecule has 0 saturated heterocycles. The second kappa shape index (κ2) is 10.4. The number of ether oxygens (including phenoxy) is 1. The van der Waals surface area contributed by atoms with E-state index in [1.54, 1.807) is 31.4 Å². The molecule has 0 aromatic heterocycles. The largest absolute Gasteiger partial charge is 0.497 e. The summed E-state index contributed by atoms with van der Waals surface area (Å²) in [5.74, 6) is -1.60. The van der Waals surface area contributed by atoms with Gasteiger partial charge in [-0.3, -0.25) is 0 Å². The first-order valence-corrected chi connectivity index (χ1v) is 9.71. The van der Waals surface area contributed by atoms with Gasteiger partial charge in [-0.25, -0.2) is 0 Å². The Balaban J connectivity index is 1.91. The highest BCUT2D eigenvalue weighted by atomic mass is 32.2. The summed E-state index contributed by atoms with van der Waals surface area (Å²) in [6, 6.07) is 15.0. The second-order valence-electron chi connectivity index (χ2n) is 6.14. The molecular formula is C19H24F2N3OS2+. The summed E-state index contributed by atoms with van der Waals surface area (Å²) in [5, 5.41) is 6.80. The molecule has 0 fully saturated rings. The Kier molecular flexibility index (Phi) is 8.27. The van der Waals surface area contributed by atoms with E-state index in [9.17, 15) is 8.78 Å². The molecule has 0 spiro atoms. The van der Waals surface area contributed by atoms with E-state index in [1.807, 2.05) is 24.3 Å². The van der Waals surface area contributed by atoms with E-state index in [-0.39, 0.29) is 6.04 Å². The minimum absolute atomic E-state index is 0.209. The summed E-state index contributed by atoms with van der Waals surface area (Å²) in [5.41, 5.74) is 1.93. The van der Waals surface area contributed by atoms with Crippen LogP contribution in [0.3, 0.4) is 0 Å². The predicted octanol–water partition coefficient (Wildman–Crippen LogP) is 3.18.